The van der Waals surface area contributed by atoms with Gasteiger partial charge in [0.05, 0.1) is 10.6 Å². The Morgan fingerprint density at radius 3 is 2.38 bits per heavy atom. The molecule has 5 nitrogen and oxygen atoms in total. The molecule has 0 aliphatic heterocycles. The first-order chi connectivity index (χ1) is 14.0. The molecule has 0 spiro atoms. The molecule has 2 aromatic carbocycles. The van der Waals surface area contributed by atoms with Crippen molar-refractivity contribution in [3.05, 3.63) is 58.6 Å². The van der Waals surface area contributed by atoms with Crippen molar-refractivity contribution in [1.29, 1.82) is 0 Å². The molecule has 29 heavy (non-hydrogen) atoms. The number of carbonyl (C=O) groups is 2. The third-order valence-electron chi connectivity index (χ3n) is 5.45. The zero-order valence-corrected chi connectivity index (χ0v) is 17.8. The van der Waals surface area contributed by atoms with Gasteiger partial charge in [0.25, 0.3) is 11.8 Å². The fourth-order valence-electron chi connectivity index (χ4n) is 3.54. The fourth-order valence-corrected chi connectivity index (χ4v) is 3.74. The molecule has 0 bridgehead atoms. The van der Waals surface area contributed by atoms with E-state index in [2.05, 4.69) is 22.5 Å². The smallest absolute Gasteiger partial charge is 0.255 e. The van der Waals surface area contributed by atoms with Gasteiger partial charge in [-0.05, 0) is 62.2 Å². The Morgan fingerprint density at radius 1 is 1.03 bits per heavy atom. The van der Waals surface area contributed by atoms with Crippen molar-refractivity contribution >= 4 is 34.8 Å². The number of rotatable bonds is 6. The summed E-state index contributed by atoms with van der Waals surface area (Å²) in [4.78, 5) is 27.3. The Bertz CT molecular complexity index is 861. The van der Waals surface area contributed by atoms with Crippen molar-refractivity contribution in [2.75, 3.05) is 23.8 Å². The highest BCUT2D eigenvalue weighted by Crippen LogP contribution is 2.23. The second-order valence-corrected chi connectivity index (χ2v) is 7.93. The number of anilines is 2. The minimum atomic E-state index is -0.225. The van der Waals surface area contributed by atoms with Crippen LogP contribution in [0.2, 0.25) is 5.02 Å². The molecule has 154 valence electrons. The third kappa shape index (κ3) is 5.51. The summed E-state index contributed by atoms with van der Waals surface area (Å²) in [6.45, 7) is 2.96. The Morgan fingerprint density at radius 2 is 1.72 bits per heavy atom. The van der Waals surface area contributed by atoms with Crippen LogP contribution in [0.15, 0.2) is 42.5 Å². The van der Waals surface area contributed by atoms with Crippen LogP contribution in [-0.2, 0) is 0 Å². The van der Waals surface area contributed by atoms with Crippen molar-refractivity contribution in [2.45, 2.75) is 45.1 Å². The molecule has 2 aromatic rings. The number of nitrogens with one attached hydrogen (secondary N) is 2. The topological polar surface area (TPSA) is 61.4 Å². The maximum absolute atomic E-state index is 12.7. The highest BCUT2D eigenvalue weighted by atomic mass is 35.5. The summed E-state index contributed by atoms with van der Waals surface area (Å²) in [5.41, 5.74) is 2.54. The first-order valence-corrected chi connectivity index (χ1v) is 10.6. The van der Waals surface area contributed by atoms with Crippen molar-refractivity contribution in [2.24, 2.45) is 0 Å². The summed E-state index contributed by atoms with van der Waals surface area (Å²) in [6, 6.07) is 12.6. The molecule has 0 heterocycles. The van der Waals surface area contributed by atoms with E-state index in [4.69, 9.17) is 11.6 Å². The maximum Gasteiger partial charge on any atom is 0.255 e. The van der Waals surface area contributed by atoms with Gasteiger partial charge >= 0.3 is 0 Å². The predicted octanol–water partition coefficient (Wildman–Crippen LogP) is 5.11. The Kier molecular flexibility index (Phi) is 7.15. The first-order valence-electron chi connectivity index (χ1n) is 10.2. The lowest BCUT2D eigenvalue weighted by Gasteiger charge is -2.23. The van der Waals surface area contributed by atoms with E-state index in [0.717, 1.165) is 37.9 Å². The lowest BCUT2D eigenvalue weighted by molar-refractivity contribution is 0.0926. The van der Waals surface area contributed by atoms with E-state index in [1.165, 1.54) is 6.42 Å². The third-order valence-corrected chi connectivity index (χ3v) is 5.78. The minimum Gasteiger partial charge on any atom is -0.375 e. The zero-order chi connectivity index (χ0) is 20.8. The van der Waals surface area contributed by atoms with Crippen LogP contribution in [0.25, 0.3) is 0 Å². The minimum absolute atomic E-state index is 0.190. The molecular formula is C23H28ClN3O2. The van der Waals surface area contributed by atoms with Gasteiger partial charge in [0, 0.05) is 36.6 Å². The van der Waals surface area contributed by atoms with Crippen molar-refractivity contribution < 1.29 is 9.59 Å². The number of nitrogens with zero attached hydrogens (tertiary/aromatic N) is 1. The molecule has 0 atom stereocenters. The molecular weight excluding hydrogens is 386 g/mol. The van der Waals surface area contributed by atoms with Gasteiger partial charge in [-0.25, -0.2) is 0 Å². The molecule has 3 rings (SSSR count). The van der Waals surface area contributed by atoms with Crippen LogP contribution in [0.1, 0.15) is 59.7 Å². The molecule has 6 heteroatoms. The van der Waals surface area contributed by atoms with Gasteiger partial charge in [-0.1, -0.05) is 30.9 Å². The highest BCUT2D eigenvalue weighted by Gasteiger charge is 2.19. The molecule has 0 aromatic heterocycles. The molecule has 0 radical (unpaired) electrons. The van der Waals surface area contributed by atoms with E-state index in [9.17, 15) is 9.59 Å². The number of hydrogen-bond donors (Lipinski definition) is 2. The Balaban J connectivity index is 1.68. The normalized spacial score (nSPS) is 14.3. The quantitative estimate of drug-likeness (QED) is 0.691. The van der Waals surface area contributed by atoms with E-state index in [-0.39, 0.29) is 17.9 Å². The van der Waals surface area contributed by atoms with Crippen LogP contribution >= 0.6 is 11.6 Å². The Labute approximate surface area is 177 Å². The number of benzene rings is 2. The SMILES string of the molecule is CCN(C)c1ccc(C(=O)Nc2ccc(Cl)c(C(=O)NC3CCCCC3)c2)cc1. The van der Waals surface area contributed by atoms with Crippen LogP contribution in [-0.4, -0.2) is 31.4 Å². The number of carbonyl (C=O) groups excluding carboxylic acids is 2. The van der Waals surface area contributed by atoms with Gasteiger partial charge in [-0.2, -0.15) is 0 Å². The lowest BCUT2D eigenvalue weighted by atomic mass is 9.95. The summed E-state index contributed by atoms with van der Waals surface area (Å²) < 4.78 is 0. The number of halogens is 1. The van der Waals surface area contributed by atoms with E-state index in [1.54, 1.807) is 30.3 Å². The standard InChI is InChI=1S/C23H28ClN3O2/c1-3-27(2)19-12-9-16(10-13-19)22(28)26-18-11-14-21(24)20(15-18)23(29)25-17-7-5-4-6-8-17/h9-15,17H,3-8H2,1-2H3,(H,25,29)(H,26,28). The molecule has 1 aliphatic rings. The lowest BCUT2D eigenvalue weighted by Crippen LogP contribution is -2.36. The second-order valence-electron chi connectivity index (χ2n) is 7.52. The molecule has 1 fully saturated rings. The van der Waals surface area contributed by atoms with Gasteiger partial charge in [0.1, 0.15) is 0 Å². The molecule has 0 unspecified atom stereocenters. The van der Waals surface area contributed by atoms with Gasteiger partial charge in [-0.15, -0.1) is 0 Å². The van der Waals surface area contributed by atoms with Gasteiger partial charge in [0.15, 0.2) is 0 Å². The van der Waals surface area contributed by atoms with E-state index in [1.807, 2.05) is 19.2 Å². The fraction of sp³-hybridized carbons (Fsp3) is 0.391. The summed E-state index contributed by atoms with van der Waals surface area (Å²) in [5.74, 6) is -0.415. The molecule has 1 saturated carbocycles. The average molecular weight is 414 g/mol. The molecule has 0 saturated heterocycles. The Hall–Kier alpha value is -2.53. The van der Waals surface area contributed by atoms with Gasteiger partial charge in [0.2, 0.25) is 0 Å². The van der Waals surface area contributed by atoms with Gasteiger partial charge in [-0.3, -0.25) is 9.59 Å². The summed E-state index contributed by atoms with van der Waals surface area (Å²) in [6.07, 6.45) is 5.51. The van der Waals surface area contributed by atoms with Crippen LogP contribution in [0.5, 0.6) is 0 Å². The summed E-state index contributed by atoms with van der Waals surface area (Å²) >= 11 is 6.24. The summed E-state index contributed by atoms with van der Waals surface area (Å²) in [5, 5.41) is 6.30. The van der Waals surface area contributed by atoms with Crippen LogP contribution in [0.3, 0.4) is 0 Å². The first kappa shape index (κ1) is 21.2. The van der Waals surface area contributed by atoms with Crippen LogP contribution < -0.4 is 15.5 Å². The van der Waals surface area contributed by atoms with Gasteiger partial charge < -0.3 is 15.5 Å². The van der Waals surface area contributed by atoms with Crippen LogP contribution in [0.4, 0.5) is 11.4 Å². The van der Waals surface area contributed by atoms with E-state index in [0.29, 0.717) is 21.8 Å². The van der Waals surface area contributed by atoms with Crippen molar-refractivity contribution in [3.63, 3.8) is 0 Å². The van der Waals surface area contributed by atoms with Crippen molar-refractivity contribution in [1.82, 2.24) is 5.32 Å². The number of amides is 2. The highest BCUT2D eigenvalue weighted by molar-refractivity contribution is 6.34. The van der Waals surface area contributed by atoms with Crippen molar-refractivity contribution in [3.8, 4) is 0 Å². The van der Waals surface area contributed by atoms with E-state index < -0.39 is 0 Å². The predicted molar refractivity (Wildman–Crippen MR) is 119 cm³/mol. The maximum atomic E-state index is 12.7. The largest absolute Gasteiger partial charge is 0.375 e. The summed E-state index contributed by atoms with van der Waals surface area (Å²) in [7, 11) is 2.00. The monoisotopic (exact) mass is 413 g/mol. The second kappa shape index (κ2) is 9.79. The van der Waals surface area contributed by atoms with E-state index >= 15 is 0 Å². The molecule has 2 amide bonds. The molecule has 1 aliphatic carbocycles. The zero-order valence-electron chi connectivity index (χ0n) is 17.0. The van der Waals surface area contributed by atoms with Crippen LogP contribution in [0, 0.1) is 0 Å². The molecule has 2 N–H and O–H groups in total. The number of hydrogen-bond acceptors (Lipinski definition) is 3. The average Bonchev–Trinajstić information content (AvgIpc) is 2.75.